The maximum absolute atomic E-state index is 9.17. The normalized spacial score (nSPS) is 9.95. The number of benzene rings is 3. The maximum atomic E-state index is 9.17. The Hall–Kier alpha value is -2.88. The lowest BCUT2D eigenvalue weighted by molar-refractivity contribution is 0.405. The van der Waals surface area contributed by atoms with Gasteiger partial charge in [-0.15, -0.1) is 0 Å². The summed E-state index contributed by atoms with van der Waals surface area (Å²) in [6.07, 6.45) is 0. The van der Waals surface area contributed by atoms with Gasteiger partial charge < -0.3 is 20.4 Å². The first-order valence-electron chi connectivity index (χ1n) is 6.36. The monoisotopic (exact) mass is 284 g/mol. The van der Waals surface area contributed by atoms with Crippen LogP contribution in [-0.4, -0.2) is 20.4 Å². The van der Waals surface area contributed by atoms with Crippen LogP contribution in [0.5, 0.6) is 23.0 Å². The highest BCUT2D eigenvalue weighted by atomic mass is 16.3. The van der Waals surface area contributed by atoms with Crippen LogP contribution in [0.2, 0.25) is 0 Å². The van der Waals surface area contributed by atoms with Crippen molar-refractivity contribution in [2.45, 2.75) is 6.92 Å². The van der Waals surface area contributed by atoms with Crippen molar-refractivity contribution >= 4 is 10.8 Å². The molecule has 4 heteroatoms. The molecule has 0 radical (unpaired) electrons. The van der Waals surface area contributed by atoms with E-state index in [2.05, 4.69) is 0 Å². The van der Waals surface area contributed by atoms with Crippen molar-refractivity contribution in [3.8, 4) is 23.0 Å². The van der Waals surface area contributed by atoms with E-state index in [1.807, 2.05) is 24.3 Å². The van der Waals surface area contributed by atoms with Crippen LogP contribution in [0.3, 0.4) is 0 Å². The van der Waals surface area contributed by atoms with Crippen LogP contribution >= 0.6 is 0 Å². The van der Waals surface area contributed by atoms with Crippen molar-refractivity contribution in [2.24, 2.45) is 0 Å². The van der Waals surface area contributed by atoms with Crippen LogP contribution in [0.1, 0.15) is 5.56 Å². The molecule has 3 rings (SSSR count). The van der Waals surface area contributed by atoms with Gasteiger partial charge in [0.1, 0.15) is 11.5 Å². The summed E-state index contributed by atoms with van der Waals surface area (Å²) < 4.78 is 0. The molecule has 0 aliphatic carbocycles. The zero-order valence-electron chi connectivity index (χ0n) is 11.5. The number of aromatic hydroxyl groups is 4. The Morgan fingerprint density at radius 2 is 1.14 bits per heavy atom. The van der Waals surface area contributed by atoms with Crippen LogP contribution in [0, 0.1) is 6.92 Å². The molecule has 0 bridgehead atoms. The molecule has 0 unspecified atom stereocenters. The van der Waals surface area contributed by atoms with Crippen LogP contribution in [0.15, 0.2) is 54.6 Å². The first kappa shape index (κ1) is 14.5. The highest BCUT2D eigenvalue weighted by Crippen LogP contribution is 2.29. The van der Waals surface area contributed by atoms with Gasteiger partial charge in [0.25, 0.3) is 0 Å². The number of hydrogen-bond acceptors (Lipinski definition) is 4. The Morgan fingerprint density at radius 3 is 1.57 bits per heavy atom. The SMILES string of the molecule is Cc1ccc(O)cc1O.Oc1cc2ccccc2cc1O. The topological polar surface area (TPSA) is 80.9 Å². The zero-order chi connectivity index (χ0) is 15.4. The summed E-state index contributed by atoms with van der Waals surface area (Å²) in [5, 5.41) is 37.9. The lowest BCUT2D eigenvalue weighted by Crippen LogP contribution is -1.72. The summed E-state index contributed by atoms with van der Waals surface area (Å²) in [6, 6.07) is 15.1. The van der Waals surface area contributed by atoms with E-state index in [-0.39, 0.29) is 23.0 Å². The van der Waals surface area contributed by atoms with Gasteiger partial charge in [0, 0.05) is 6.07 Å². The average molecular weight is 284 g/mol. The number of hydrogen-bond donors (Lipinski definition) is 4. The molecule has 0 spiro atoms. The van der Waals surface area contributed by atoms with Gasteiger partial charge in [0.15, 0.2) is 11.5 Å². The summed E-state index contributed by atoms with van der Waals surface area (Å²) >= 11 is 0. The zero-order valence-corrected chi connectivity index (χ0v) is 11.5. The van der Waals surface area contributed by atoms with Crippen LogP contribution in [0.4, 0.5) is 0 Å². The number of rotatable bonds is 0. The van der Waals surface area contributed by atoms with E-state index in [1.165, 1.54) is 12.1 Å². The predicted molar refractivity (Wildman–Crippen MR) is 81.8 cm³/mol. The van der Waals surface area contributed by atoms with Gasteiger partial charge in [-0.1, -0.05) is 30.3 Å². The molecular weight excluding hydrogens is 268 g/mol. The molecule has 0 fully saturated rings. The maximum Gasteiger partial charge on any atom is 0.158 e. The molecule has 0 saturated carbocycles. The predicted octanol–water partition coefficient (Wildman–Crippen LogP) is 3.66. The number of aryl methyl sites for hydroxylation is 1. The van der Waals surface area contributed by atoms with Crippen molar-refractivity contribution in [2.75, 3.05) is 0 Å². The van der Waals surface area contributed by atoms with Gasteiger partial charge in [-0.2, -0.15) is 0 Å². The summed E-state index contributed by atoms with van der Waals surface area (Å²) in [4.78, 5) is 0. The van der Waals surface area contributed by atoms with E-state index in [4.69, 9.17) is 20.4 Å². The third-order valence-electron chi connectivity index (χ3n) is 3.04. The van der Waals surface area contributed by atoms with Crippen LogP contribution in [0.25, 0.3) is 10.8 Å². The third-order valence-corrected chi connectivity index (χ3v) is 3.04. The molecule has 4 nitrogen and oxygen atoms in total. The molecule has 21 heavy (non-hydrogen) atoms. The highest BCUT2D eigenvalue weighted by Gasteiger charge is 1.99. The van der Waals surface area contributed by atoms with Crippen molar-refractivity contribution in [3.63, 3.8) is 0 Å². The number of phenols is 4. The van der Waals surface area contributed by atoms with E-state index in [0.717, 1.165) is 16.3 Å². The molecule has 0 atom stereocenters. The summed E-state index contributed by atoms with van der Waals surface area (Å²) in [5.41, 5.74) is 0.771. The Labute approximate surface area is 122 Å². The molecule has 4 N–H and O–H groups in total. The van der Waals surface area contributed by atoms with Crippen molar-refractivity contribution < 1.29 is 20.4 Å². The van der Waals surface area contributed by atoms with Crippen LogP contribution < -0.4 is 0 Å². The fourth-order valence-corrected chi connectivity index (χ4v) is 1.81. The standard InChI is InChI=1S/C10H8O2.C7H8O2/c11-9-5-7-3-1-2-4-8(7)6-10(9)12;1-5-2-3-6(8)4-7(5)9/h1-6,11-12H;2-4,8-9H,1H3. The van der Waals surface area contributed by atoms with Gasteiger partial charge in [0.05, 0.1) is 0 Å². The van der Waals surface area contributed by atoms with E-state index in [0.29, 0.717) is 0 Å². The molecule has 0 aliphatic rings. The van der Waals surface area contributed by atoms with Crippen LogP contribution in [-0.2, 0) is 0 Å². The Balaban J connectivity index is 0.000000161. The van der Waals surface area contributed by atoms with Crippen molar-refractivity contribution in [1.29, 1.82) is 0 Å². The van der Waals surface area contributed by atoms with Gasteiger partial charge in [-0.3, -0.25) is 0 Å². The van der Waals surface area contributed by atoms with Crippen molar-refractivity contribution in [1.82, 2.24) is 0 Å². The molecule has 0 saturated heterocycles. The summed E-state index contributed by atoms with van der Waals surface area (Å²) in [5.74, 6) is 0.0792. The summed E-state index contributed by atoms with van der Waals surface area (Å²) in [6.45, 7) is 1.77. The Morgan fingerprint density at radius 1 is 0.619 bits per heavy atom. The summed E-state index contributed by atoms with van der Waals surface area (Å²) in [7, 11) is 0. The van der Waals surface area contributed by atoms with E-state index < -0.39 is 0 Å². The molecule has 3 aromatic carbocycles. The second-order valence-electron chi connectivity index (χ2n) is 4.66. The molecule has 0 amide bonds. The average Bonchev–Trinajstić information content (AvgIpc) is 2.45. The molecule has 0 heterocycles. The minimum absolute atomic E-state index is 0.0753. The first-order chi connectivity index (χ1) is 9.97. The van der Waals surface area contributed by atoms with E-state index >= 15 is 0 Å². The second-order valence-corrected chi connectivity index (χ2v) is 4.66. The fourth-order valence-electron chi connectivity index (χ4n) is 1.81. The van der Waals surface area contributed by atoms with Gasteiger partial charge in [0.2, 0.25) is 0 Å². The molecule has 0 aromatic heterocycles. The van der Waals surface area contributed by atoms with Gasteiger partial charge in [-0.05, 0) is 41.5 Å². The minimum Gasteiger partial charge on any atom is -0.508 e. The smallest absolute Gasteiger partial charge is 0.158 e. The molecule has 108 valence electrons. The number of fused-ring (bicyclic) bond motifs is 1. The largest absolute Gasteiger partial charge is 0.508 e. The third kappa shape index (κ3) is 3.57. The second kappa shape index (κ2) is 6.05. The quantitative estimate of drug-likeness (QED) is 0.475. The highest BCUT2D eigenvalue weighted by molar-refractivity contribution is 5.85. The van der Waals surface area contributed by atoms with Crippen molar-refractivity contribution in [3.05, 3.63) is 60.2 Å². The van der Waals surface area contributed by atoms with Gasteiger partial charge in [-0.25, -0.2) is 0 Å². The first-order valence-corrected chi connectivity index (χ1v) is 6.36. The fraction of sp³-hybridized carbons (Fsp3) is 0.0588. The lowest BCUT2D eigenvalue weighted by Gasteiger charge is -2.00. The lowest BCUT2D eigenvalue weighted by atomic mass is 10.1. The van der Waals surface area contributed by atoms with E-state index in [9.17, 15) is 0 Å². The number of phenolic OH excluding ortho intramolecular Hbond substituents is 4. The van der Waals surface area contributed by atoms with E-state index in [1.54, 1.807) is 25.1 Å². The Kier molecular flexibility index (Phi) is 4.18. The molecule has 0 aliphatic heterocycles. The molecule has 3 aromatic rings. The Bertz CT molecular complexity index is 725. The minimum atomic E-state index is -0.0753. The molecular formula is C17H16O4. The van der Waals surface area contributed by atoms with Gasteiger partial charge >= 0.3 is 0 Å².